The number of carbonyl (C=O) groups is 1. The molecule has 1 amide bonds. The van der Waals surface area contributed by atoms with E-state index < -0.39 is 0 Å². The number of nitrogens with one attached hydrogen (secondary N) is 1. The smallest absolute Gasteiger partial charge is 0.254 e. The highest BCUT2D eigenvalue weighted by atomic mass is 16.2. The largest absolute Gasteiger partial charge is 0.373 e. The SMILES string of the molecule is CCC1(CC)CCN(C(=O)c2ccnc(NC)c2)CC1. The number of nitrogens with zero attached hydrogens (tertiary/aromatic N) is 2. The lowest BCUT2D eigenvalue weighted by Gasteiger charge is -2.41. The van der Waals surface area contributed by atoms with Gasteiger partial charge in [0.1, 0.15) is 5.82 Å². The van der Waals surface area contributed by atoms with Crippen LogP contribution in [0.1, 0.15) is 49.9 Å². The quantitative estimate of drug-likeness (QED) is 0.918. The summed E-state index contributed by atoms with van der Waals surface area (Å²) in [5.41, 5.74) is 1.18. The van der Waals surface area contributed by atoms with Crippen LogP contribution in [0.15, 0.2) is 18.3 Å². The Morgan fingerprint density at radius 3 is 2.55 bits per heavy atom. The van der Waals surface area contributed by atoms with Crippen LogP contribution in [0.2, 0.25) is 0 Å². The summed E-state index contributed by atoms with van der Waals surface area (Å²) in [5, 5.41) is 2.97. The molecule has 1 aliphatic rings. The van der Waals surface area contributed by atoms with Crippen LogP contribution in [0.4, 0.5) is 5.82 Å². The second kappa shape index (κ2) is 6.25. The summed E-state index contributed by atoms with van der Waals surface area (Å²) < 4.78 is 0. The van der Waals surface area contributed by atoms with Gasteiger partial charge < -0.3 is 10.2 Å². The van der Waals surface area contributed by atoms with E-state index >= 15 is 0 Å². The Balaban J connectivity index is 2.04. The lowest BCUT2D eigenvalue weighted by Crippen LogP contribution is -2.42. The normalized spacial score (nSPS) is 17.9. The molecular formula is C16H25N3O. The summed E-state index contributed by atoms with van der Waals surface area (Å²) in [4.78, 5) is 18.7. The molecule has 0 atom stereocenters. The van der Waals surface area contributed by atoms with Crippen molar-refractivity contribution in [3.8, 4) is 0 Å². The molecule has 0 radical (unpaired) electrons. The van der Waals surface area contributed by atoms with Crippen LogP contribution in [0.25, 0.3) is 0 Å². The molecule has 0 unspecified atom stereocenters. The number of piperidine rings is 1. The van der Waals surface area contributed by atoms with Crippen LogP contribution in [0, 0.1) is 5.41 Å². The predicted molar refractivity (Wildman–Crippen MR) is 81.9 cm³/mol. The number of amides is 1. The predicted octanol–water partition coefficient (Wildman–Crippen LogP) is 3.17. The van der Waals surface area contributed by atoms with E-state index in [1.54, 1.807) is 12.3 Å². The van der Waals surface area contributed by atoms with Crippen LogP contribution < -0.4 is 5.32 Å². The van der Waals surface area contributed by atoms with Crippen LogP contribution in [-0.2, 0) is 0 Å². The molecule has 2 heterocycles. The maximum atomic E-state index is 12.5. The van der Waals surface area contributed by atoms with Crippen molar-refractivity contribution in [2.24, 2.45) is 5.41 Å². The van der Waals surface area contributed by atoms with Crippen LogP contribution in [-0.4, -0.2) is 35.9 Å². The van der Waals surface area contributed by atoms with Crippen molar-refractivity contribution in [1.29, 1.82) is 0 Å². The van der Waals surface area contributed by atoms with Gasteiger partial charge in [0.15, 0.2) is 0 Å². The lowest BCUT2D eigenvalue weighted by atomic mass is 9.74. The van der Waals surface area contributed by atoms with E-state index in [1.165, 1.54) is 12.8 Å². The molecule has 0 bridgehead atoms. The fourth-order valence-corrected chi connectivity index (χ4v) is 3.02. The number of likely N-dealkylation sites (tertiary alicyclic amines) is 1. The first-order chi connectivity index (χ1) is 9.64. The Bertz CT molecular complexity index is 459. The van der Waals surface area contributed by atoms with Crippen LogP contribution in [0.3, 0.4) is 0 Å². The van der Waals surface area contributed by atoms with Gasteiger partial charge in [-0.1, -0.05) is 26.7 Å². The number of hydrogen-bond donors (Lipinski definition) is 1. The Labute approximate surface area is 121 Å². The summed E-state index contributed by atoms with van der Waals surface area (Å²) in [6.45, 7) is 6.28. The number of carbonyl (C=O) groups excluding carboxylic acids is 1. The molecule has 1 aromatic heterocycles. The van der Waals surface area contributed by atoms with Gasteiger partial charge in [-0.25, -0.2) is 4.98 Å². The van der Waals surface area contributed by atoms with Crippen LogP contribution >= 0.6 is 0 Å². The average molecular weight is 275 g/mol. The number of anilines is 1. The highest BCUT2D eigenvalue weighted by molar-refractivity contribution is 5.94. The van der Waals surface area contributed by atoms with E-state index in [-0.39, 0.29) is 5.91 Å². The van der Waals surface area contributed by atoms with Crippen molar-refractivity contribution in [2.45, 2.75) is 39.5 Å². The molecule has 20 heavy (non-hydrogen) atoms. The Morgan fingerprint density at radius 1 is 1.35 bits per heavy atom. The topological polar surface area (TPSA) is 45.2 Å². The van der Waals surface area contributed by atoms with Crippen molar-refractivity contribution in [2.75, 3.05) is 25.5 Å². The third kappa shape index (κ3) is 2.94. The monoisotopic (exact) mass is 275 g/mol. The summed E-state index contributed by atoms with van der Waals surface area (Å²) in [7, 11) is 1.81. The van der Waals surface area contributed by atoms with Crippen LogP contribution in [0.5, 0.6) is 0 Å². The Hall–Kier alpha value is -1.58. The minimum Gasteiger partial charge on any atom is -0.373 e. The van der Waals surface area contributed by atoms with Crippen molar-refractivity contribution >= 4 is 11.7 Å². The van der Waals surface area contributed by atoms with Crippen molar-refractivity contribution in [3.05, 3.63) is 23.9 Å². The van der Waals surface area contributed by atoms with Crippen molar-refractivity contribution < 1.29 is 4.79 Å². The first-order valence-corrected chi connectivity index (χ1v) is 7.57. The number of rotatable bonds is 4. The fraction of sp³-hybridized carbons (Fsp3) is 0.625. The van der Waals surface area contributed by atoms with Gasteiger partial charge >= 0.3 is 0 Å². The molecule has 0 saturated carbocycles. The van der Waals surface area contributed by atoms with Gasteiger partial charge in [0, 0.05) is 31.9 Å². The maximum absolute atomic E-state index is 12.5. The minimum absolute atomic E-state index is 0.129. The van der Waals surface area contributed by atoms with E-state index in [0.717, 1.165) is 37.3 Å². The zero-order chi connectivity index (χ0) is 14.6. The summed E-state index contributed by atoms with van der Waals surface area (Å²) in [6.07, 6.45) is 6.35. The molecule has 1 aromatic rings. The lowest BCUT2D eigenvalue weighted by molar-refractivity contribution is 0.0557. The van der Waals surface area contributed by atoms with E-state index in [1.807, 2.05) is 18.0 Å². The Morgan fingerprint density at radius 2 is 2.00 bits per heavy atom. The molecule has 2 rings (SSSR count). The molecule has 0 aliphatic carbocycles. The molecule has 0 aromatic carbocycles. The molecule has 1 saturated heterocycles. The van der Waals surface area contributed by atoms with E-state index in [9.17, 15) is 4.79 Å². The molecule has 4 heteroatoms. The van der Waals surface area contributed by atoms with E-state index in [2.05, 4.69) is 24.1 Å². The zero-order valence-corrected chi connectivity index (χ0v) is 12.8. The fourth-order valence-electron chi connectivity index (χ4n) is 3.02. The van der Waals surface area contributed by atoms with E-state index in [0.29, 0.717) is 5.41 Å². The van der Waals surface area contributed by atoms with Gasteiger partial charge in [-0.15, -0.1) is 0 Å². The third-order valence-electron chi connectivity index (χ3n) is 4.87. The van der Waals surface area contributed by atoms with Crippen molar-refractivity contribution in [3.63, 3.8) is 0 Å². The average Bonchev–Trinajstić information content (AvgIpc) is 2.54. The number of aromatic nitrogens is 1. The summed E-state index contributed by atoms with van der Waals surface area (Å²) >= 11 is 0. The van der Waals surface area contributed by atoms with E-state index in [4.69, 9.17) is 0 Å². The van der Waals surface area contributed by atoms with Gasteiger partial charge in [0.25, 0.3) is 5.91 Å². The number of hydrogen-bond acceptors (Lipinski definition) is 3. The van der Waals surface area contributed by atoms with Gasteiger partial charge in [-0.05, 0) is 30.4 Å². The van der Waals surface area contributed by atoms with Gasteiger partial charge in [-0.2, -0.15) is 0 Å². The molecule has 1 aliphatic heterocycles. The zero-order valence-electron chi connectivity index (χ0n) is 12.8. The first kappa shape index (κ1) is 14.8. The Kier molecular flexibility index (Phi) is 4.63. The molecule has 1 fully saturated rings. The molecular weight excluding hydrogens is 250 g/mol. The number of pyridine rings is 1. The first-order valence-electron chi connectivity index (χ1n) is 7.57. The third-order valence-corrected chi connectivity index (χ3v) is 4.87. The second-order valence-corrected chi connectivity index (χ2v) is 5.68. The molecule has 1 N–H and O–H groups in total. The second-order valence-electron chi connectivity index (χ2n) is 5.68. The molecule has 110 valence electrons. The summed E-state index contributed by atoms with van der Waals surface area (Å²) in [5.74, 6) is 0.869. The highest BCUT2D eigenvalue weighted by Crippen LogP contribution is 2.38. The molecule has 0 spiro atoms. The van der Waals surface area contributed by atoms with Gasteiger partial charge in [0.05, 0.1) is 0 Å². The van der Waals surface area contributed by atoms with Gasteiger partial charge in [0.2, 0.25) is 0 Å². The summed E-state index contributed by atoms with van der Waals surface area (Å²) in [6, 6.07) is 3.62. The maximum Gasteiger partial charge on any atom is 0.254 e. The highest BCUT2D eigenvalue weighted by Gasteiger charge is 2.33. The minimum atomic E-state index is 0.129. The van der Waals surface area contributed by atoms with Crippen molar-refractivity contribution in [1.82, 2.24) is 9.88 Å². The van der Waals surface area contributed by atoms with Gasteiger partial charge in [-0.3, -0.25) is 4.79 Å². The molecule has 4 nitrogen and oxygen atoms in total. The standard InChI is InChI=1S/C16H25N3O/c1-4-16(5-2)7-10-19(11-8-16)15(20)13-6-9-18-14(12-13)17-3/h6,9,12H,4-5,7-8,10-11H2,1-3H3,(H,17,18).